The highest BCUT2D eigenvalue weighted by Crippen LogP contribution is 2.40. The molecule has 1 aromatic rings. The topological polar surface area (TPSA) is 9.23 Å². The zero-order valence-electron chi connectivity index (χ0n) is 12.3. The van der Waals surface area contributed by atoms with Crippen LogP contribution in [0.4, 0.5) is 0 Å². The molecule has 0 fully saturated rings. The first kappa shape index (κ1) is 13.9. The molecule has 2 rings (SSSR count). The summed E-state index contributed by atoms with van der Waals surface area (Å²) in [5.41, 5.74) is 4.46. The van der Waals surface area contributed by atoms with Gasteiger partial charge in [-0.15, -0.1) is 0 Å². The fourth-order valence-corrected chi connectivity index (χ4v) is 2.85. The Morgan fingerprint density at radius 2 is 1.95 bits per heavy atom. The second-order valence-electron chi connectivity index (χ2n) is 6.03. The average molecular weight is 256 g/mol. The van der Waals surface area contributed by atoms with Gasteiger partial charge in [0.25, 0.3) is 0 Å². The second-order valence-corrected chi connectivity index (χ2v) is 6.03. The summed E-state index contributed by atoms with van der Waals surface area (Å²) in [7, 11) is 0. The van der Waals surface area contributed by atoms with Gasteiger partial charge in [-0.2, -0.15) is 0 Å². The van der Waals surface area contributed by atoms with E-state index in [0.29, 0.717) is 6.61 Å². The van der Waals surface area contributed by atoms with Crippen molar-refractivity contribution in [3.05, 3.63) is 59.4 Å². The van der Waals surface area contributed by atoms with Gasteiger partial charge in [0.15, 0.2) is 0 Å². The van der Waals surface area contributed by atoms with Crippen LogP contribution in [0.2, 0.25) is 0 Å². The van der Waals surface area contributed by atoms with Crippen molar-refractivity contribution in [3.63, 3.8) is 0 Å². The van der Waals surface area contributed by atoms with E-state index in [2.05, 4.69) is 39.0 Å². The Bertz CT molecular complexity index is 466. The van der Waals surface area contributed by atoms with Crippen molar-refractivity contribution in [2.45, 2.75) is 46.6 Å². The lowest BCUT2D eigenvalue weighted by molar-refractivity contribution is 0.235. The molecule has 1 nitrogen and oxygen atoms in total. The van der Waals surface area contributed by atoms with Crippen LogP contribution in [0.25, 0.3) is 0 Å². The van der Waals surface area contributed by atoms with E-state index in [1.807, 2.05) is 24.5 Å². The molecule has 1 heteroatoms. The summed E-state index contributed by atoms with van der Waals surface area (Å²) in [5.74, 6) is 0. The zero-order valence-corrected chi connectivity index (χ0v) is 12.3. The molecule has 0 heterocycles. The molecular weight excluding hydrogens is 232 g/mol. The van der Waals surface area contributed by atoms with E-state index < -0.39 is 0 Å². The van der Waals surface area contributed by atoms with Crippen molar-refractivity contribution in [1.29, 1.82) is 0 Å². The first-order chi connectivity index (χ1) is 9.09. The third-order valence-corrected chi connectivity index (χ3v) is 3.97. The van der Waals surface area contributed by atoms with Gasteiger partial charge in [0.05, 0.1) is 6.26 Å². The maximum absolute atomic E-state index is 5.65. The summed E-state index contributed by atoms with van der Waals surface area (Å²) < 4.78 is 5.65. The fourth-order valence-electron chi connectivity index (χ4n) is 2.85. The van der Waals surface area contributed by atoms with Crippen LogP contribution in [0.3, 0.4) is 0 Å². The molecule has 1 aliphatic carbocycles. The average Bonchev–Trinajstić information content (AvgIpc) is 2.38. The van der Waals surface area contributed by atoms with Crippen molar-refractivity contribution in [2.75, 3.05) is 0 Å². The van der Waals surface area contributed by atoms with E-state index in [1.54, 1.807) is 0 Å². The van der Waals surface area contributed by atoms with Gasteiger partial charge in [-0.25, -0.2) is 0 Å². The molecule has 0 unspecified atom stereocenters. The van der Waals surface area contributed by atoms with Crippen LogP contribution in [0.5, 0.6) is 0 Å². The van der Waals surface area contributed by atoms with Crippen LogP contribution in [0.15, 0.2) is 53.8 Å². The first-order valence-electron chi connectivity index (χ1n) is 7.12. The number of benzene rings is 1. The molecule has 0 amide bonds. The molecule has 0 aliphatic heterocycles. The monoisotopic (exact) mass is 256 g/mol. The van der Waals surface area contributed by atoms with Crippen molar-refractivity contribution in [1.82, 2.24) is 0 Å². The van der Waals surface area contributed by atoms with E-state index in [9.17, 15) is 0 Å². The largest absolute Gasteiger partial charge is 0.497 e. The van der Waals surface area contributed by atoms with Gasteiger partial charge in [0, 0.05) is 0 Å². The maximum atomic E-state index is 5.65. The Kier molecular flexibility index (Phi) is 4.47. The zero-order chi connectivity index (χ0) is 13.7. The molecule has 0 atom stereocenters. The Morgan fingerprint density at radius 1 is 1.21 bits per heavy atom. The van der Waals surface area contributed by atoms with Crippen LogP contribution in [-0.2, 0) is 11.3 Å². The summed E-state index contributed by atoms with van der Waals surface area (Å²) in [6, 6.07) is 10.3. The van der Waals surface area contributed by atoms with Crippen molar-refractivity contribution in [3.8, 4) is 0 Å². The van der Waals surface area contributed by atoms with Crippen LogP contribution in [-0.4, -0.2) is 0 Å². The molecule has 0 N–H and O–H groups in total. The van der Waals surface area contributed by atoms with Crippen LogP contribution in [0.1, 0.15) is 45.6 Å². The predicted octanol–water partition coefficient (Wildman–Crippen LogP) is 5.24. The van der Waals surface area contributed by atoms with E-state index in [1.165, 1.54) is 36.0 Å². The number of hydrogen-bond donors (Lipinski definition) is 0. The van der Waals surface area contributed by atoms with E-state index >= 15 is 0 Å². The summed E-state index contributed by atoms with van der Waals surface area (Å²) in [6.45, 7) is 7.54. The molecule has 0 aromatic heterocycles. The molecule has 102 valence electrons. The predicted molar refractivity (Wildman–Crippen MR) is 80.7 cm³/mol. The molecule has 19 heavy (non-hydrogen) atoms. The summed E-state index contributed by atoms with van der Waals surface area (Å²) in [5, 5.41) is 0. The maximum Gasteiger partial charge on any atom is 0.112 e. The molecular formula is C18H24O. The van der Waals surface area contributed by atoms with Gasteiger partial charge in [-0.3, -0.25) is 0 Å². The normalized spacial score (nSPS) is 18.9. The third kappa shape index (κ3) is 3.73. The highest BCUT2D eigenvalue weighted by molar-refractivity contribution is 5.31. The van der Waals surface area contributed by atoms with Gasteiger partial charge < -0.3 is 4.74 Å². The highest BCUT2D eigenvalue weighted by atomic mass is 16.5. The quantitative estimate of drug-likeness (QED) is 0.669. The third-order valence-electron chi connectivity index (χ3n) is 3.97. The van der Waals surface area contributed by atoms with Crippen LogP contribution < -0.4 is 0 Å². The standard InChI is InChI=1S/C18H24O/c1-15-8-7-12-18(2,3)17(15)11-13-19-14-16-9-5-4-6-10-16/h4-6,9-11,13H,7-8,12,14H2,1-3H3/b13-11+. The van der Waals surface area contributed by atoms with Crippen molar-refractivity contribution >= 4 is 0 Å². The number of ether oxygens (including phenoxy) is 1. The number of hydrogen-bond acceptors (Lipinski definition) is 1. The van der Waals surface area contributed by atoms with Crippen molar-refractivity contribution in [2.24, 2.45) is 5.41 Å². The first-order valence-corrected chi connectivity index (χ1v) is 7.12. The fraction of sp³-hybridized carbons (Fsp3) is 0.444. The van der Waals surface area contributed by atoms with Crippen molar-refractivity contribution < 1.29 is 4.74 Å². The molecule has 0 spiro atoms. The van der Waals surface area contributed by atoms with Crippen LogP contribution >= 0.6 is 0 Å². The minimum Gasteiger partial charge on any atom is -0.497 e. The minimum absolute atomic E-state index is 0.287. The molecule has 0 radical (unpaired) electrons. The Hall–Kier alpha value is -1.50. The van der Waals surface area contributed by atoms with E-state index in [-0.39, 0.29) is 5.41 Å². The van der Waals surface area contributed by atoms with Gasteiger partial charge in [-0.1, -0.05) is 49.8 Å². The van der Waals surface area contributed by atoms with E-state index in [0.717, 1.165) is 0 Å². The lowest BCUT2D eigenvalue weighted by Gasteiger charge is -2.32. The Balaban J connectivity index is 1.95. The molecule has 0 bridgehead atoms. The number of allylic oxidation sites excluding steroid dienone is 3. The summed E-state index contributed by atoms with van der Waals surface area (Å²) >= 11 is 0. The van der Waals surface area contributed by atoms with Gasteiger partial charge in [-0.05, 0) is 48.8 Å². The lowest BCUT2D eigenvalue weighted by atomic mass is 9.73. The van der Waals surface area contributed by atoms with Crippen LogP contribution in [0, 0.1) is 5.41 Å². The molecule has 1 aromatic carbocycles. The molecule has 0 saturated heterocycles. The smallest absolute Gasteiger partial charge is 0.112 e. The summed E-state index contributed by atoms with van der Waals surface area (Å²) in [4.78, 5) is 0. The molecule has 1 aliphatic rings. The Morgan fingerprint density at radius 3 is 2.63 bits per heavy atom. The van der Waals surface area contributed by atoms with E-state index in [4.69, 9.17) is 4.74 Å². The van der Waals surface area contributed by atoms with Gasteiger partial charge in [0.1, 0.15) is 6.61 Å². The van der Waals surface area contributed by atoms with Gasteiger partial charge >= 0.3 is 0 Å². The second kappa shape index (κ2) is 6.10. The highest BCUT2D eigenvalue weighted by Gasteiger charge is 2.26. The summed E-state index contributed by atoms with van der Waals surface area (Å²) in [6.07, 6.45) is 7.82. The Labute approximate surface area is 117 Å². The number of rotatable bonds is 4. The minimum atomic E-state index is 0.287. The van der Waals surface area contributed by atoms with Gasteiger partial charge in [0.2, 0.25) is 0 Å². The lowest BCUT2D eigenvalue weighted by Crippen LogP contribution is -2.19. The SMILES string of the molecule is CC1=C(/C=C/OCc2ccccc2)C(C)(C)CCC1. The molecule has 0 saturated carbocycles.